The second-order valence-electron chi connectivity index (χ2n) is 10.5. The number of hydrogen-bond donors (Lipinski definition) is 2. The monoisotopic (exact) mass is 413 g/mol. The van der Waals surface area contributed by atoms with Crippen LogP contribution in [0.15, 0.2) is 24.3 Å². The van der Waals surface area contributed by atoms with Crippen LogP contribution in [0.3, 0.4) is 0 Å². The minimum absolute atomic E-state index is 0.117. The van der Waals surface area contributed by atoms with Gasteiger partial charge >= 0.3 is 5.97 Å². The summed E-state index contributed by atoms with van der Waals surface area (Å²) in [5.41, 5.74) is 1.79. The van der Waals surface area contributed by atoms with Gasteiger partial charge in [-0.25, -0.2) is 0 Å². The van der Waals surface area contributed by atoms with E-state index in [-0.39, 0.29) is 23.9 Å². The second-order valence-corrected chi connectivity index (χ2v) is 10.5. The molecule has 0 spiro atoms. The molecular formula is C25H35NO4. The molecule has 2 unspecified atom stereocenters. The molecule has 0 radical (unpaired) electrons. The molecule has 5 nitrogen and oxygen atoms in total. The fourth-order valence-corrected chi connectivity index (χ4v) is 6.58. The first-order valence-electron chi connectivity index (χ1n) is 11.5. The molecule has 30 heavy (non-hydrogen) atoms. The number of carbonyl (C=O) groups is 2. The normalized spacial score (nSPS) is 31.7. The van der Waals surface area contributed by atoms with Crippen LogP contribution in [0.25, 0.3) is 0 Å². The highest BCUT2D eigenvalue weighted by Crippen LogP contribution is 2.62. The van der Waals surface area contributed by atoms with Gasteiger partial charge in [-0.3, -0.25) is 9.59 Å². The molecule has 0 heterocycles. The quantitative estimate of drug-likeness (QED) is 0.637. The van der Waals surface area contributed by atoms with Crippen LogP contribution in [0.4, 0.5) is 0 Å². The Labute approximate surface area is 179 Å². The van der Waals surface area contributed by atoms with Crippen LogP contribution < -0.4 is 5.32 Å². The molecule has 4 atom stereocenters. The van der Waals surface area contributed by atoms with Crippen LogP contribution in [0.5, 0.6) is 0 Å². The number of amides is 1. The number of carbonyl (C=O) groups excluding carboxylic acids is 2. The van der Waals surface area contributed by atoms with E-state index in [9.17, 15) is 14.7 Å². The van der Waals surface area contributed by atoms with Crippen LogP contribution in [0.2, 0.25) is 0 Å². The zero-order valence-electron chi connectivity index (χ0n) is 18.3. The van der Waals surface area contributed by atoms with Crippen molar-refractivity contribution < 1.29 is 19.4 Å². The lowest BCUT2D eigenvalue weighted by Gasteiger charge is -2.60. The smallest absolute Gasteiger partial charge is 0.306 e. The van der Waals surface area contributed by atoms with Crippen molar-refractivity contribution in [2.75, 3.05) is 13.2 Å². The molecule has 4 aliphatic carbocycles. The molecule has 1 aromatic carbocycles. The lowest BCUT2D eigenvalue weighted by Crippen LogP contribution is -2.56. The predicted molar refractivity (Wildman–Crippen MR) is 115 cm³/mol. The van der Waals surface area contributed by atoms with Crippen molar-refractivity contribution in [2.45, 2.75) is 76.7 Å². The molecule has 2 N–H and O–H groups in total. The summed E-state index contributed by atoms with van der Waals surface area (Å²) in [6.07, 6.45) is 6.81. The van der Waals surface area contributed by atoms with Crippen molar-refractivity contribution in [3.63, 3.8) is 0 Å². The van der Waals surface area contributed by atoms with Crippen LogP contribution in [-0.2, 0) is 20.7 Å². The van der Waals surface area contributed by atoms with E-state index in [4.69, 9.17) is 4.74 Å². The van der Waals surface area contributed by atoms with Crippen LogP contribution in [0.1, 0.15) is 75.8 Å². The van der Waals surface area contributed by atoms with E-state index in [1.807, 2.05) is 0 Å². The number of hydrogen-bond acceptors (Lipinski definition) is 4. The third-order valence-electron chi connectivity index (χ3n) is 7.42. The maximum Gasteiger partial charge on any atom is 0.306 e. The highest BCUT2D eigenvalue weighted by Gasteiger charge is 2.57. The number of ether oxygens (including phenoxy) is 1. The fourth-order valence-electron chi connectivity index (χ4n) is 6.58. The van der Waals surface area contributed by atoms with E-state index in [2.05, 4.69) is 43.4 Å². The summed E-state index contributed by atoms with van der Waals surface area (Å²) < 4.78 is 5.29. The number of rotatable bonds is 8. The topological polar surface area (TPSA) is 75.6 Å². The Morgan fingerprint density at radius 3 is 2.40 bits per heavy atom. The first-order chi connectivity index (χ1) is 14.2. The molecule has 0 saturated heterocycles. The zero-order valence-corrected chi connectivity index (χ0v) is 18.3. The van der Waals surface area contributed by atoms with Crippen molar-refractivity contribution in [3.05, 3.63) is 35.4 Å². The number of benzene rings is 1. The third kappa shape index (κ3) is 4.88. The third-order valence-corrected chi connectivity index (χ3v) is 7.42. The Morgan fingerprint density at radius 1 is 1.13 bits per heavy atom. The Hall–Kier alpha value is -1.88. The maximum absolute atomic E-state index is 12.4. The van der Waals surface area contributed by atoms with Crippen molar-refractivity contribution >= 4 is 11.9 Å². The van der Waals surface area contributed by atoms with E-state index < -0.39 is 5.60 Å². The van der Waals surface area contributed by atoms with E-state index in [1.54, 1.807) is 0 Å². The molecule has 1 aromatic rings. The Balaban J connectivity index is 1.18. The van der Waals surface area contributed by atoms with Gasteiger partial charge in [0.05, 0.1) is 12.0 Å². The van der Waals surface area contributed by atoms with Crippen molar-refractivity contribution in [2.24, 2.45) is 17.3 Å². The first-order valence-corrected chi connectivity index (χ1v) is 11.5. The highest BCUT2D eigenvalue weighted by atomic mass is 16.5. The molecule has 4 saturated carbocycles. The maximum atomic E-state index is 12.4. The van der Waals surface area contributed by atoms with Gasteiger partial charge in [0.15, 0.2) is 6.61 Å². The first kappa shape index (κ1) is 21.4. The summed E-state index contributed by atoms with van der Waals surface area (Å²) in [5.74, 6) is 1.03. The summed E-state index contributed by atoms with van der Waals surface area (Å²) in [6.45, 7) is 4.64. The molecule has 5 rings (SSSR count). The fraction of sp³-hybridized carbons (Fsp3) is 0.680. The number of esters is 1. The van der Waals surface area contributed by atoms with Gasteiger partial charge in [0, 0.05) is 6.54 Å². The van der Waals surface area contributed by atoms with Crippen molar-refractivity contribution in [3.8, 4) is 0 Å². The lowest BCUT2D eigenvalue weighted by atomic mass is 9.47. The molecular weight excluding hydrogens is 378 g/mol. The summed E-state index contributed by atoms with van der Waals surface area (Å²) in [7, 11) is 0. The summed E-state index contributed by atoms with van der Waals surface area (Å²) >= 11 is 0. The number of nitrogens with one attached hydrogen (secondary N) is 1. The average Bonchev–Trinajstić information content (AvgIpc) is 2.64. The summed E-state index contributed by atoms with van der Waals surface area (Å²) in [5, 5.41) is 13.6. The van der Waals surface area contributed by atoms with Crippen LogP contribution in [-0.4, -0.2) is 35.7 Å². The summed E-state index contributed by atoms with van der Waals surface area (Å²) in [6, 6.07) is 8.46. The summed E-state index contributed by atoms with van der Waals surface area (Å²) in [4.78, 5) is 24.5. The van der Waals surface area contributed by atoms with Gasteiger partial charge in [0.2, 0.25) is 0 Å². The SMILES string of the molecule is CC(C)c1ccc(CCNC(=O)COC(=O)CC23C[C@@H]4C[C@@H](CC(O)(C4)C2)C3)cc1. The van der Waals surface area contributed by atoms with Crippen LogP contribution >= 0.6 is 0 Å². The molecule has 4 bridgehead atoms. The molecule has 0 aliphatic heterocycles. The molecule has 4 fully saturated rings. The molecule has 1 amide bonds. The Kier molecular flexibility index (Phi) is 5.93. The minimum atomic E-state index is -0.574. The minimum Gasteiger partial charge on any atom is -0.456 e. The van der Waals surface area contributed by atoms with E-state index in [0.29, 0.717) is 37.1 Å². The Bertz CT molecular complexity index is 771. The molecule has 164 valence electrons. The predicted octanol–water partition coefficient (Wildman–Crippen LogP) is 3.73. The highest BCUT2D eigenvalue weighted by molar-refractivity contribution is 5.80. The standard InChI is InChI=1S/C25H35NO4/c1-17(2)21-5-3-18(4-6-21)7-8-26-22(27)15-30-23(28)14-24-10-19-9-20(11-24)13-25(29,12-19)16-24/h3-6,17,19-20,29H,7-16H2,1-2H3,(H,26,27)/t19-,20+,24?,25?. The molecule has 4 aliphatic rings. The van der Waals surface area contributed by atoms with E-state index in [1.165, 1.54) is 17.5 Å². The van der Waals surface area contributed by atoms with Gasteiger partial charge in [0.1, 0.15) is 0 Å². The van der Waals surface area contributed by atoms with E-state index >= 15 is 0 Å². The van der Waals surface area contributed by atoms with E-state index in [0.717, 1.165) is 32.1 Å². The van der Waals surface area contributed by atoms with Gasteiger partial charge in [-0.15, -0.1) is 0 Å². The van der Waals surface area contributed by atoms with Gasteiger partial charge < -0.3 is 15.2 Å². The number of aliphatic hydroxyl groups is 1. The van der Waals surface area contributed by atoms with Gasteiger partial charge in [-0.05, 0) is 79.2 Å². The van der Waals surface area contributed by atoms with Crippen LogP contribution in [0, 0.1) is 17.3 Å². The van der Waals surface area contributed by atoms with Crippen molar-refractivity contribution in [1.82, 2.24) is 5.32 Å². The molecule has 5 heteroatoms. The second kappa shape index (κ2) is 8.33. The largest absolute Gasteiger partial charge is 0.456 e. The van der Waals surface area contributed by atoms with Gasteiger partial charge in [-0.1, -0.05) is 38.1 Å². The lowest BCUT2D eigenvalue weighted by molar-refractivity contribution is -0.177. The van der Waals surface area contributed by atoms with Gasteiger partial charge in [-0.2, -0.15) is 0 Å². The zero-order chi connectivity index (χ0) is 21.4. The average molecular weight is 414 g/mol. The van der Waals surface area contributed by atoms with Gasteiger partial charge in [0.25, 0.3) is 5.91 Å². The van der Waals surface area contributed by atoms with Crippen molar-refractivity contribution in [1.29, 1.82) is 0 Å². The Morgan fingerprint density at radius 2 is 1.80 bits per heavy atom. The molecule has 0 aromatic heterocycles.